The van der Waals surface area contributed by atoms with Gasteiger partial charge in [0.25, 0.3) is 0 Å². The van der Waals surface area contributed by atoms with E-state index in [4.69, 9.17) is 5.11 Å². The molecule has 0 spiro atoms. The van der Waals surface area contributed by atoms with E-state index in [2.05, 4.69) is 25.9 Å². The van der Waals surface area contributed by atoms with Crippen molar-refractivity contribution in [3.63, 3.8) is 0 Å². The third kappa shape index (κ3) is 2.95. The lowest BCUT2D eigenvalue weighted by Gasteiger charge is -2.08. The minimum Gasteiger partial charge on any atom is -0.480 e. The molecule has 0 amide bonds. The maximum absolute atomic E-state index is 10.8. The Balaban J connectivity index is 2.77. The van der Waals surface area contributed by atoms with E-state index in [9.17, 15) is 4.79 Å². The fourth-order valence-electron chi connectivity index (χ4n) is 0.831. The van der Waals surface area contributed by atoms with Crippen molar-refractivity contribution < 1.29 is 9.90 Å². The van der Waals surface area contributed by atoms with Crippen LogP contribution in [0.2, 0.25) is 0 Å². The monoisotopic (exact) mass is 276 g/mol. The molecule has 0 saturated heterocycles. The first-order valence-corrected chi connectivity index (χ1v) is 5.67. The van der Waals surface area contributed by atoms with Crippen LogP contribution in [-0.2, 0) is 4.79 Å². The number of carbonyl (C=O) groups is 1. The van der Waals surface area contributed by atoms with Crippen molar-refractivity contribution in [3.05, 3.63) is 17.0 Å². The van der Waals surface area contributed by atoms with Gasteiger partial charge in [0.05, 0.1) is 4.47 Å². The van der Waals surface area contributed by atoms with Crippen LogP contribution < -0.4 is 0 Å². The largest absolute Gasteiger partial charge is 0.480 e. The van der Waals surface area contributed by atoms with Gasteiger partial charge >= 0.3 is 5.97 Å². The zero-order valence-corrected chi connectivity index (χ0v) is 9.88. The number of nitrogens with zero attached hydrogens (tertiary/aromatic N) is 2. The van der Waals surface area contributed by atoms with Crippen molar-refractivity contribution in [2.45, 2.75) is 23.6 Å². The molecule has 6 heteroatoms. The van der Waals surface area contributed by atoms with E-state index in [0.717, 1.165) is 4.47 Å². The fraction of sp³-hybridized carbons (Fsp3) is 0.375. The molecule has 1 atom stereocenters. The van der Waals surface area contributed by atoms with Gasteiger partial charge in [-0.05, 0) is 22.4 Å². The van der Waals surface area contributed by atoms with Gasteiger partial charge in [-0.15, -0.1) is 0 Å². The van der Waals surface area contributed by atoms with Crippen molar-refractivity contribution in [2.75, 3.05) is 0 Å². The normalized spacial score (nSPS) is 12.4. The van der Waals surface area contributed by atoms with E-state index in [1.54, 1.807) is 6.20 Å². The van der Waals surface area contributed by atoms with Crippen LogP contribution in [0.25, 0.3) is 0 Å². The van der Waals surface area contributed by atoms with E-state index in [-0.39, 0.29) is 0 Å². The molecule has 0 aliphatic rings. The second kappa shape index (κ2) is 5.31. The molecule has 14 heavy (non-hydrogen) atoms. The van der Waals surface area contributed by atoms with Gasteiger partial charge < -0.3 is 5.11 Å². The second-order valence-corrected chi connectivity index (χ2v) is 4.57. The summed E-state index contributed by atoms with van der Waals surface area (Å²) in [6, 6.07) is 0. The second-order valence-electron chi connectivity index (χ2n) is 2.53. The molecule has 76 valence electrons. The van der Waals surface area contributed by atoms with Crippen molar-refractivity contribution in [2.24, 2.45) is 0 Å². The minimum absolute atomic E-state index is 0.457. The number of rotatable bonds is 4. The van der Waals surface area contributed by atoms with E-state index in [1.165, 1.54) is 18.1 Å². The van der Waals surface area contributed by atoms with Gasteiger partial charge in [-0.3, -0.25) is 4.79 Å². The molecule has 0 aliphatic heterocycles. The number of hydrogen-bond donors (Lipinski definition) is 1. The van der Waals surface area contributed by atoms with Crippen molar-refractivity contribution >= 4 is 33.7 Å². The molecule has 0 fully saturated rings. The zero-order chi connectivity index (χ0) is 10.6. The summed E-state index contributed by atoms with van der Waals surface area (Å²) in [5, 5.41) is 9.05. The topological polar surface area (TPSA) is 63.1 Å². The van der Waals surface area contributed by atoms with Gasteiger partial charge in [0, 0.05) is 6.20 Å². The summed E-state index contributed by atoms with van der Waals surface area (Å²) in [7, 11) is 0. The highest BCUT2D eigenvalue weighted by Crippen LogP contribution is 2.29. The van der Waals surface area contributed by atoms with Gasteiger partial charge in [-0.1, -0.05) is 18.7 Å². The SMILES string of the molecule is CCC(Sc1ncncc1Br)C(=O)O. The summed E-state index contributed by atoms with van der Waals surface area (Å²) in [5.74, 6) is -0.817. The predicted octanol–water partition coefficient (Wildman–Crippen LogP) is 2.19. The lowest BCUT2D eigenvalue weighted by atomic mass is 10.3. The molecule has 1 rings (SSSR count). The van der Waals surface area contributed by atoms with Crippen molar-refractivity contribution in [3.8, 4) is 0 Å². The van der Waals surface area contributed by atoms with Crippen LogP contribution in [0.3, 0.4) is 0 Å². The summed E-state index contributed by atoms with van der Waals surface area (Å²) >= 11 is 4.49. The Kier molecular flexibility index (Phi) is 4.34. The average Bonchev–Trinajstić information content (AvgIpc) is 2.16. The van der Waals surface area contributed by atoms with Crippen LogP contribution in [0, 0.1) is 0 Å². The predicted molar refractivity (Wildman–Crippen MR) is 57.3 cm³/mol. The smallest absolute Gasteiger partial charge is 0.317 e. The van der Waals surface area contributed by atoms with Crippen LogP contribution in [0.4, 0.5) is 0 Å². The molecule has 1 aromatic rings. The summed E-state index contributed by atoms with van der Waals surface area (Å²) in [6.45, 7) is 1.83. The van der Waals surface area contributed by atoms with E-state index in [1.807, 2.05) is 6.92 Å². The molecule has 4 nitrogen and oxygen atoms in total. The first kappa shape index (κ1) is 11.5. The Hall–Kier alpha value is -0.620. The zero-order valence-electron chi connectivity index (χ0n) is 7.48. The molecular weight excluding hydrogens is 268 g/mol. The van der Waals surface area contributed by atoms with Gasteiger partial charge in [0.1, 0.15) is 16.6 Å². The Morgan fingerprint density at radius 1 is 1.79 bits per heavy atom. The highest BCUT2D eigenvalue weighted by Gasteiger charge is 2.18. The maximum Gasteiger partial charge on any atom is 0.317 e. The first-order chi connectivity index (χ1) is 6.65. The summed E-state index contributed by atoms with van der Waals surface area (Å²) < 4.78 is 0.727. The number of aromatic nitrogens is 2. The van der Waals surface area contributed by atoms with Gasteiger partial charge in [-0.2, -0.15) is 0 Å². The Labute approximate surface area is 94.3 Å². The Bertz CT molecular complexity index is 335. The van der Waals surface area contributed by atoms with Gasteiger partial charge in [0.15, 0.2) is 0 Å². The average molecular weight is 277 g/mol. The molecule has 0 bridgehead atoms. The lowest BCUT2D eigenvalue weighted by Crippen LogP contribution is -2.15. The minimum atomic E-state index is -0.817. The van der Waals surface area contributed by atoms with Crippen LogP contribution in [0.15, 0.2) is 22.0 Å². The highest BCUT2D eigenvalue weighted by molar-refractivity contribution is 9.10. The Morgan fingerprint density at radius 2 is 2.50 bits per heavy atom. The molecule has 1 N–H and O–H groups in total. The number of carboxylic acid groups (broad SMARTS) is 1. The Morgan fingerprint density at radius 3 is 3.00 bits per heavy atom. The molecule has 0 radical (unpaired) electrons. The quantitative estimate of drug-likeness (QED) is 0.675. The third-order valence-corrected chi connectivity index (χ3v) is 3.74. The molecule has 0 aromatic carbocycles. The highest BCUT2D eigenvalue weighted by atomic mass is 79.9. The molecule has 1 aromatic heterocycles. The lowest BCUT2D eigenvalue weighted by molar-refractivity contribution is -0.136. The molecular formula is C8H9BrN2O2S. The molecule has 0 saturated carbocycles. The number of aliphatic carboxylic acids is 1. The maximum atomic E-state index is 10.8. The van der Waals surface area contributed by atoms with E-state index in [0.29, 0.717) is 11.4 Å². The molecule has 0 aliphatic carbocycles. The van der Waals surface area contributed by atoms with Crippen LogP contribution in [-0.4, -0.2) is 26.3 Å². The van der Waals surface area contributed by atoms with Crippen molar-refractivity contribution in [1.29, 1.82) is 0 Å². The number of hydrogen-bond acceptors (Lipinski definition) is 4. The third-order valence-electron chi connectivity index (χ3n) is 1.53. The number of carboxylic acids is 1. The van der Waals surface area contributed by atoms with Gasteiger partial charge in [0.2, 0.25) is 0 Å². The van der Waals surface area contributed by atoms with Crippen molar-refractivity contribution in [1.82, 2.24) is 9.97 Å². The number of halogens is 1. The standard InChI is InChI=1S/C8H9BrN2O2S/c1-2-6(8(12)13)14-7-5(9)3-10-4-11-7/h3-4,6H,2H2,1H3,(H,12,13). The number of thioether (sulfide) groups is 1. The molecule has 1 heterocycles. The van der Waals surface area contributed by atoms with Crippen LogP contribution >= 0.6 is 27.7 Å². The first-order valence-electron chi connectivity index (χ1n) is 4.00. The summed E-state index contributed by atoms with van der Waals surface area (Å²) in [4.78, 5) is 18.6. The van der Waals surface area contributed by atoms with E-state index >= 15 is 0 Å². The molecule has 1 unspecified atom stereocenters. The van der Waals surface area contributed by atoms with Crippen LogP contribution in [0.5, 0.6) is 0 Å². The summed E-state index contributed by atoms with van der Waals surface area (Å²) in [5.41, 5.74) is 0. The van der Waals surface area contributed by atoms with Gasteiger partial charge in [-0.25, -0.2) is 9.97 Å². The van der Waals surface area contributed by atoms with Crippen LogP contribution in [0.1, 0.15) is 13.3 Å². The van der Waals surface area contributed by atoms with E-state index < -0.39 is 11.2 Å². The fourth-order valence-corrected chi connectivity index (χ4v) is 2.14. The summed E-state index contributed by atoms with van der Waals surface area (Å²) in [6.07, 6.45) is 3.57.